The zero-order valence-electron chi connectivity index (χ0n) is 17.7. The fourth-order valence-corrected chi connectivity index (χ4v) is 3.86. The maximum atomic E-state index is 12.8. The van der Waals surface area contributed by atoms with Crippen molar-refractivity contribution in [2.24, 2.45) is 5.10 Å². The van der Waals surface area contributed by atoms with Crippen molar-refractivity contribution in [1.82, 2.24) is 5.43 Å². The predicted molar refractivity (Wildman–Crippen MR) is 120 cm³/mol. The molecule has 2 N–H and O–H groups in total. The zero-order chi connectivity index (χ0) is 21.8. The number of carbonyl (C=O) groups is 2. The molecule has 1 aromatic heterocycles. The molecule has 2 amide bonds. The monoisotopic (exact) mass is 415 g/mol. The Hall–Kier alpha value is -3.67. The van der Waals surface area contributed by atoms with Crippen molar-refractivity contribution in [2.75, 3.05) is 5.32 Å². The van der Waals surface area contributed by atoms with Gasteiger partial charge in [-0.05, 0) is 49.9 Å². The van der Waals surface area contributed by atoms with Crippen molar-refractivity contribution in [3.8, 4) is 0 Å². The summed E-state index contributed by atoms with van der Waals surface area (Å²) in [6, 6.07) is 17.2. The van der Waals surface area contributed by atoms with Crippen LogP contribution < -0.4 is 10.7 Å². The smallest absolute Gasteiger partial charge is 0.291 e. The van der Waals surface area contributed by atoms with Crippen molar-refractivity contribution < 1.29 is 14.0 Å². The number of hydrazone groups is 1. The van der Waals surface area contributed by atoms with Gasteiger partial charge in [0.1, 0.15) is 5.76 Å². The van der Waals surface area contributed by atoms with Gasteiger partial charge < -0.3 is 9.73 Å². The van der Waals surface area contributed by atoms with Gasteiger partial charge in [0, 0.05) is 23.2 Å². The number of amides is 2. The van der Waals surface area contributed by atoms with E-state index in [4.69, 9.17) is 4.42 Å². The molecule has 0 radical (unpaired) electrons. The summed E-state index contributed by atoms with van der Waals surface area (Å²) in [5.41, 5.74) is 7.71. The van der Waals surface area contributed by atoms with Crippen LogP contribution >= 0.6 is 0 Å². The van der Waals surface area contributed by atoms with Gasteiger partial charge in [-0.25, -0.2) is 5.43 Å². The van der Waals surface area contributed by atoms with Gasteiger partial charge in [0.05, 0.1) is 12.1 Å². The third kappa shape index (κ3) is 4.74. The Morgan fingerprint density at radius 1 is 1.03 bits per heavy atom. The average molecular weight is 415 g/mol. The number of rotatable bonds is 5. The molecule has 0 unspecified atom stereocenters. The van der Waals surface area contributed by atoms with Gasteiger partial charge in [-0.15, -0.1) is 0 Å². The number of hydrogen-bond acceptors (Lipinski definition) is 4. The van der Waals surface area contributed by atoms with Crippen LogP contribution in [0.25, 0.3) is 0 Å². The Bertz CT molecular complexity index is 1150. The first-order valence-electron chi connectivity index (χ1n) is 10.4. The van der Waals surface area contributed by atoms with Crippen molar-refractivity contribution in [1.29, 1.82) is 0 Å². The lowest BCUT2D eigenvalue weighted by molar-refractivity contribution is -0.120. The highest BCUT2D eigenvalue weighted by Crippen LogP contribution is 2.30. The minimum absolute atomic E-state index is 0.176. The maximum Gasteiger partial charge on any atom is 0.291 e. The molecule has 1 aliphatic carbocycles. The number of benzene rings is 2. The molecule has 2 aromatic carbocycles. The van der Waals surface area contributed by atoms with Gasteiger partial charge in [0.25, 0.3) is 5.91 Å². The third-order valence-corrected chi connectivity index (χ3v) is 5.33. The predicted octanol–water partition coefficient (Wildman–Crippen LogP) is 4.55. The average Bonchev–Trinajstić information content (AvgIpc) is 3.10. The van der Waals surface area contributed by atoms with E-state index in [1.807, 2.05) is 68.4 Å². The summed E-state index contributed by atoms with van der Waals surface area (Å²) in [7, 11) is 0. The Kier molecular flexibility index (Phi) is 5.98. The van der Waals surface area contributed by atoms with Crippen LogP contribution in [0.5, 0.6) is 0 Å². The molecule has 3 aromatic rings. The fourth-order valence-electron chi connectivity index (χ4n) is 3.86. The van der Waals surface area contributed by atoms with E-state index in [-0.39, 0.29) is 24.0 Å². The molecule has 0 saturated heterocycles. The summed E-state index contributed by atoms with van der Waals surface area (Å²) in [6.45, 7) is 3.83. The van der Waals surface area contributed by atoms with Crippen LogP contribution in [0.15, 0.2) is 64.1 Å². The second-order valence-corrected chi connectivity index (χ2v) is 7.79. The van der Waals surface area contributed by atoms with Crippen molar-refractivity contribution in [3.05, 3.63) is 88.4 Å². The van der Waals surface area contributed by atoms with E-state index in [1.165, 1.54) is 0 Å². The Labute approximate surface area is 181 Å². The first-order chi connectivity index (χ1) is 15.0. The number of fused-ring (bicyclic) bond motifs is 1. The van der Waals surface area contributed by atoms with E-state index in [0.717, 1.165) is 58.7 Å². The second kappa shape index (κ2) is 9.00. The topological polar surface area (TPSA) is 83.7 Å². The summed E-state index contributed by atoms with van der Waals surface area (Å²) in [4.78, 5) is 25.1. The van der Waals surface area contributed by atoms with Gasteiger partial charge >= 0.3 is 0 Å². The number of nitrogens with one attached hydrogen (secondary N) is 2. The third-order valence-electron chi connectivity index (χ3n) is 5.33. The Morgan fingerprint density at radius 3 is 2.61 bits per heavy atom. The van der Waals surface area contributed by atoms with Crippen LogP contribution in [0.1, 0.15) is 51.4 Å². The quantitative estimate of drug-likeness (QED) is 0.600. The van der Waals surface area contributed by atoms with Crippen molar-refractivity contribution in [3.63, 3.8) is 0 Å². The highest BCUT2D eigenvalue weighted by molar-refractivity contribution is 6.09. The molecule has 0 bridgehead atoms. The Morgan fingerprint density at radius 2 is 1.84 bits per heavy atom. The van der Waals surface area contributed by atoms with E-state index >= 15 is 0 Å². The summed E-state index contributed by atoms with van der Waals surface area (Å²) in [6.07, 6.45) is 2.58. The van der Waals surface area contributed by atoms with Crippen LogP contribution in [0, 0.1) is 13.8 Å². The number of hydrogen-bond donors (Lipinski definition) is 2. The molecule has 0 aliphatic heterocycles. The first-order valence-corrected chi connectivity index (χ1v) is 10.4. The second-order valence-electron chi connectivity index (χ2n) is 7.79. The summed E-state index contributed by atoms with van der Waals surface area (Å²) >= 11 is 0. The van der Waals surface area contributed by atoms with Crippen molar-refractivity contribution in [2.45, 2.75) is 39.5 Å². The van der Waals surface area contributed by atoms with Gasteiger partial charge in [-0.1, -0.05) is 42.5 Å². The first kappa shape index (κ1) is 20.6. The molecule has 0 atom stereocenters. The van der Waals surface area contributed by atoms with Gasteiger partial charge in [0.2, 0.25) is 5.91 Å². The van der Waals surface area contributed by atoms with Gasteiger partial charge in [0.15, 0.2) is 5.76 Å². The lowest BCUT2D eigenvalue weighted by Gasteiger charge is -2.13. The number of anilines is 1. The SMILES string of the molecule is Cc1cccc(NC(=O)c2oc3c(c2C)/C(=N/NC(=O)Cc2ccccc2)CCC3)c1. The standard InChI is InChI=1S/C25H25N3O3/c1-16-8-6-11-19(14-16)26-25(30)24-17(2)23-20(12-7-13-21(23)31-24)27-28-22(29)15-18-9-4-3-5-10-18/h3-6,8-11,14H,7,12-13,15H2,1-2H3,(H,26,30)(H,28,29)/b27-20+. The number of nitrogens with zero attached hydrogens (tertiary/aromatic N) is 1. The fraction of sp³-hybridized carbons (Fsp3) is 0.240. The molecule has 1 aliphatic rings. The molecule has 6 heteroatoms. The molecule has 6 nitrogen and oxygen atoms in total. The van der Waals surface area contributed by atoms with Gasteiger partial charge in [-0.3, -0.25) is 9.59 Å². The summed E-state index contributed by atoms with van der Waals surface area (Å²) < 4.78 is 5.93. The molecular formula is C25H25N3O3. The lowest BCUT2D eigenvalue weighted by Crippen LogP contribution is -2.23. The van der Waals surface area contributed by atoms with Crippen LogP contribution in [-0.2, 0) is 17.6 Å². The number of aryl methyl sites for hydroxylation is 2. The normalized spacial score (nSPS) is 14.2. The summed E-state index contributed by atoms with van der Waals surface area (Å²) in [5.74, 6) is 0.570. The van der Waals surface area contributed by atoms with Gasteiger partial charge in [-0.2, -0.15) is 5.10 Å². The van der Waals surface area contributed by atoms with E-state index in [1.54, 1.807) is 0 Å². The van der Waals surface area contributed by atoms with Crippen LogP contribution in [-0.4, -0.2) is 17.5 Å². The minimum atomic E-state index is -0.287. The number of furan rings is 1. The molecule has 1 heterocycles. The molecule has 4 rings (SSSR count). The lowest BCUT2D eigenvalue weighted by atomic mass is 9.93. The highest BCUT2D eigenvalue weighted by Gasteiger charge is 2.28. The van der Waals surface area contributed by atoms with Crippen LogP contribution in [0.3, 0.4) is 0 Å². The van der Waals surface area contributed by atoms with Crippen LogP contribution in [0.4, 0.5) is 5.69 Å². The molecule has 0 saturated carbocycles. The van der Waals surface area contributed by atoms with E-state index in [2.05, 4.69) is 15.8 Å². The van der Waals surface area contributed by atoms with E-state index in [0.29, 0.717) is 0 Å². The molecule has 31 heavy (non-hydrogen) atoms. The molecule has 0 fully saturated rings. The van der Waals surface area contributed by atoms with E-state index < -0.39 is 0 Å². The van der Waals surface area contributed by atoms with Crippen LogP contribution in [0.2, 0.25) is 0 Å². The zero-order valence-corrected chi connectivity index (χ0v) is 17.7. The van der Waals surface area contributed by atoms with E-state index in [9.17, 15) is 9.59 Å². The minimum Gasteiger partial charge on any atom is -0.455 e. The molecule has 158 valence electrons. The largest absolute Gasteiger partial charge is 0.455 e. The highest BCUT2D eigenvalue weighted by atomic mass is 16.4. The number of carbonyl (C=O) groups excluding carboxylic acids is 2. The van der Waals surface area contributed by atoms with Crippen molar-refractivity contribution >= 4 is 23.2 Å². The molecule has 0 spiro atoms. The summed E-state index contributed by atoms with van der Waals surface area (Å²) in [5, 5.41) is 7.27. The maximum absolute atomic E-state index is 12.8. The Balaban J connectivity index is 1.51. The molecular weight excluding hydrogens is 390 g/mol.